The van der Waals surface area contributed by atoms with E-state index in [1.165, 1.54) is 19.0 Å². The van der Waals surface area contributed by atoms with Gasteiger partial charge in [-0.15, -0.1) is 0 Å². The third-order valence-corrected chi connectivity index (χ3v) is 9.47. The Hall–Kier alpha value is -1.02. The number of hydrogen-bond acceptors (Lipinski definition) is 1. The zero-order valence-corrected chi connectivity index (χ0v) is 18.7. The number of halogens is 2. The summed E-state index contributed by atoms with van der Waals surface area (Å²) in [6.45, 7) is 0.0577. The van der Waals surface area contributed by atoms with E-state index in [1.807, 2.05) is 54.6 Å². The molecule has 0 aliphatic carbocycles. The molecule has 3 aromatic rings. The number of aliphatic hydroxyl groups excluding tert-OH is 1. The molecule has 26 heavy (non-hydrogen) atoms. The van der Waals surface area contributed by atoms with E-state index in [9.17, 15) is 5.11 Å². The monoisotopic (exact) mass is 514 g/mol. The normalized spacial score (nSPS) is 12.0. The van der Waals surface area contributed by atoms with Gasteiger partial charge in [0.1, 0.15) is 0 Å². The van der Waals surface area contributed by atoms with E-state index in [-0.39, 0.29) is 36.5 Å². The Bertz CT molecular complexity index is 876. The third kappa shape index (κ3) is 5.49. The van der Waals surface area contributed by atoms with Crippen LogP contribution in [-0.2, 0) is 0 Å². The molecule has 0 fully saturated rings. The van der Waals surface area contributed by atoms with Crippen LogP contribution in [0.25, 0.3) is 4.47 Å². The second-order valence-electron chi connectivity index (χ2n) is 5.39. The molecule has 0 bridgehead atoms. The summed E-state index contributed by atoms with van der Waals surface area (Å²) in [5, 5.41) is 11.6. The minimum atomic E-state index is 0.0404. The van der Waals surface area contributed by atoms with Crippen LogP contribution in [0.1, 0.15) is 5.56 Å². The molecular weight excluding hydrogens is 497 g/mol. The van der Waals surface area contributed by atoms with Gasteiger partial charge in [-0.1, -0.05) is 0 Å². The van der Waals surface area contributed by atoms with Crippen LogP contribution in [0.5, 0.6) is 0 Å². The fraction of sp³-hybridized carbons (Fsp3) is 0.0476. The Kier molecular flexibility index (Phi) is 7.42. The maximum atomic E-state index is 10.1. The van der Waals surface area contributed by atoms with Gasteiger partial charge in [-0.05, 0) is 0 Å². The van der Waals surface area contributed by atoms with Crippen molar-refractivity contribution in [2.24, 2.45) is 0 Å². The van der Waals surface area contributed by atoms with E-state index >= 15 is 0 Å². The van der Waals surface area contributed by atoms with Crippen LogP contribution in [0.15, 0.2) is 83.3 Å². The molecule has 0 aliphatic rings. The summed E-state index contributed by atoms with van der Waals surface area (Å²) in [6, 6.07) is 26.2. The van der Waals surface area contributed by atoms with Gasteiger partial charge in [0, 0.05) is 0 Å². The molecule has 0 radical (unpaired) electrons. The molecule has 0 unspecified atom stereocenters. The van der Waals surface area contributed by atoms with Crippen molar-refractivity contribution in [3.8, 4) is 0 Å². The Balaban J connectivity index is 1.99. The molecule has 0 aromatic heterocycles. The summed E-state index contributed by atoms with van der Waals surface area (Å²) in [5.41, 5.74) is 1.17. The molecular formula is C21H16Cl2OSe2. The van der Waals surface area contributed by atoms with Crippen molar-refractivity contribution in [1.82, 2.24) is 0 Å². The quantitative estimate of drug-likeness (QED) is 0.499. The summed E-state index contributed by atoms with van der Waals surface area (Å²) in [7, 11) is 0. The van der Waals surface area contributed by atoms with Crippen LogP contribution in [0.4, 0.5) is 0 Å². The molecule has 0 amide bonds. The molecule has 132 valence electrons. The summed E-state index contributed by atoms with van der Waals surface area (Å²) in [6.07, 6.45) is 0. The zero-order chi connectivity index (χ0) is 18.4. The molecule has 0 atom stereocenters. The Morgan fingerprint density at radius 2 is 1.19 bits per heavy atom. The fourth-order valence-corrected chi connectivity index (χ4v) is 7.16. The first-order valence-corrected chi connectivity index (χ1v) is 12.1. The number of hydrogen-bond donors (Lipinski definition) is 1. The van der Waals surface area contributed by atoms with Crippen LogP contribution in [-0.4, -0.2) is 41.6 Å². The van der Waals surface area contributed by atoms with E-state index in [1.54, 1.807) is 0 Å². The van der Waals surface area contributed by atoms with Gasteiger partial charge >= 0.3 is 177 Å². The van der Waals surface area contributed by atoms with Crippen molar-refractivity contribution in [2.75, 3.05) is 6.61 Å². The van der Waals surface area contributed by atoms with Gasteiger partial charge in [-0.3, -0.25) is 0 Å². The molecule has 0 spiro atoms. The topological polar surface area (TPSA) is 20.2 Å². The molecule has 1 nitrogen and oxygen atoms in total. The Labute approximate surface area is 176 Å². The standard InChI is InChI=1S/C21H16Cl2OSe2/c22-16-6-10-18(11-7-16)25-20(14-24)21(15-4-2-1-3-5-15)26-19-12-8-17(23)9-13-19/h1-13,24H,14H2. The maximum absolute atomic E-state index is 10.1. The van der Waals surface area contributed by atoms with Crippen molar-refractivity contribution < 1.29 is 5.11 Å². The second kappa shape index (κ2) is 9.78. The second-order valence-corrected chi connectivity index (χ2v) is 11.0. The van der Waals surface area contributed by atoms with Crippen LogP contribution >= 0.6 is 23.2 Å². The first-order valence-electron chi connectivity index (χ1n) is 7.92. The predicted octanol–water partition coefficient (Wildman–Crippen LogP) is 3.71. The van der Waals surface area contributed by atoms with E-state index in [0.717, 1.165) is 14.5 Å². The summed E-state index contributed by atoms with van der Waals surface area (Å²) < 4.78 is 4.77. The van der Waals surface area contributed by atoms with Crippen molar-refractivity contribution in [3.63, 3.8) is 0 Å². The van der Waals surface area contributed by atoms with Crippen LogP contribution in [0.3, 0.4) is 0 Å². The Morgan fingerprint density at radius 1 is 0.692 bits per heavy atom. The van der Waals surface area contributed by atoms with Gasteiger partial charge in [0.2, 0.25) is 0 Å². The number of benzene rings is 3. The molecule has 0 heterocycles. The molecule has 3 rings (SSSR count). The molecule has 0 saturated carbocycles. The molecule has 3 aromatic carbocycles. The van der Waals surface area contributed by atoms with Crippen molar-refractivity contribution in [2.45, 2.75) is 0 Å². The van der Waals surface area contributed by atoms with Crippen molar-refractivity contribution in [3.05, 3.63) is 98.9 Å². The first-order chi connectivity index (χ1) is 12.7. The van der Waals surface area contributed by atoms with E-state index < -0.39 is 0 Å². The zero-order valence-electron chi connectivity index (χ0n) is 13.7. The molecule has 0 aliphatic heterocycles. The van der Waals surface area contributed by atoms with Crippen LogP contribution in [0, 0.1) is 0 Å². The Morgan fingerprint density at radius 3 is 1.69 bits per heavy atom. The summed E-state index contributed by atoms with van der Waals surface area (Å²) in [4.78, 5) is 0. The third-order valence-electron chi connectivity index (χ3n) is 3.52. The first kappa shape index (κ1) is 19.7. The fourth-order valence-electron chi connectivity index (χ4n) is 2.28. The van der Waals surface area contributed by atoms with E-state index in [4.69, 9.17) is 23.2 Å². The number of rotatable bonds is 6. The van der Waals surface area contributed by atoms with Gasteiger partial charge in [-0.2, -0.15) is 0 Å². The van der Waals surface area contributed by atoms with Gasteiger partial charge in [-0.25, -0.2) is 0 Å². The van der Waals surface area contributed by atoms with Gasteiger partial charge < -0.3 is 0 Å². The van der Waals surface area contributed by atoms with Gasteiger partial charge in [0.05, 0.1) is 0 Å². The molecule has 1 N–H and O–H groups in total. The summed E-state index contributed by atoms with van der Waals surface area (Å²) in [5.74, 6) is 0. The number of aliphatic hydroxyl groups is 1. The molecule has 0 saturated heterocycles. The minimum absolute atomic E-state index is 0.0404. The predicted molar refractivity (Wildman–Crippen MR) is 114 cm³/mol. The van der Waals surface area contributed by atoms with Gasteiger partial charge in [0.25, 0.3) is 0 Å². The molecule has 5 heteroatoms. The summed E-state index contributed by atoms with van der Waals surface area (Å²) >= 11 is 12.1. The average Bonchev–Trinajstić information content (AvgIpc) is 2.68. The van der Waals surface area contributed by atoms with Gasteiger partial charge in [0.15, 0.2) is 0 Å². The SMILES string of the molecule is OCC([Se]c1ccc(Cl)cc1)=C([Se]c1ccc(Cl)cc1)c1ccccc1. The van der Waals surface area contributed by atoms with Crippen LogP contribution in [0.2, 0.25) is 10.0 Å². The van der Waals surface area contributed by atoms with Crippen LogP contribution < -0.4 is 8.92 Å². The van der Waals surface area contributed by atoms with Crippen molar-refractivity contribution >= 4 is 66.5 Å². The van der Waals surface area contributed by atoms with E-state index in [0.29, 0.717) is 0 Å². The average molecular weight is 513 g/mol. The van der Waals surface area contributed by atoms with Crippen molar-refractivity contribution in [1.29, 1.82) is 0 Å². The van der Waals surface area contributed by atoms with E-state index in [2.05, 4.69) is 24.3 Å².